The Morgan fingerprint density at radius 1 is 0.333 bits per heavy atom. The van der Waals surface area contributed by atoms with Gasteiger partial charge in [0.25, 0.3) is 0 Å². The Morgan fingerprint density at radius 2 is 0.792 bits per heavy atom. The summed E-state index contributed by atoms with van der Waals surface area (Å²) >= 11 is 0. The summed E-state index contributed by atoms with van der Waals surface area (Å²) in [6, 6.07) is 72.0. The Bertz CT molecular complexity index is 4830. The van der Waals surface area contributed by atoms with Crippen molar-refractivity contribution in [2.24, 2.45) is 0 Å². The molecule has 0 bridgehead atoms. The van der Waals surface area contributed by atoms with Gasteiger partial charge in [0.1, 0.15) is 22.3 Å². The molecule has 0 fully saturated rings. The Kier molecular flexibility index (Phi) is 8.43. The van der Waals surface area contributed by atoms with Crippen molar-refractivity contribution in [2.45, 2.75) is 13.8 Å². The van der Waals surface area contributed by atoms with Crippen molar-refractivity contribution < 1.29 is 17.7 Å². The molecule has 0 saturated carbocycles. The maximum atomic E-state index is 10.8. The molecule has 15 rings (SSSR count). The van der Waals surface area contributed by atoms with Crippen LogP contribution in [0.15, 0.2) is 218 Å². The highest BCUT2D eigenvalue weighted by atomic mass is 16.4. The highest BCUT2D eigenvalue weighted by Crippen LogP contribution is 2.48. The molecule has 72 heavy (non-hydrogen) atoms. The van der Waals surface area contributed by atoms with Gasteiger partial charge < -0.3 is 27.5 Å². The van der Waals surface area contributed by atoms with E-state index in [2.05, 4.69) is 194 Å². The van der Waals surface area contributed by atoms with Gasteiger partial charge >= 0.3 is 0 Å². The molecule has 15 aromatic rings. The molecule has 7 heteroatoms. The van der Waals surface area contributed by atoms with E-state index in [1.54, 1.807) is 0 Å². The van der Waals surface area contributed by atoms with Crippen molar-refractivity contribution in [1.29, 1.82) is 5.26 Å². The first-order valence-electron chi connectivity index (χ1n) is 24.1. The molecule has 0 atom stereocenters. The summed E-state index contributed by atoms with van der Waals surface area (Å²) in [7, 11) is 0. The second kappa shape index (κ2) is 15.1. The molecule has 0 aliphatic rings. The Hall–Kier alpha value is -9.77. The summed E-state index contributed by atoms with van der Waals surface area (Å²) in [5, 5.41) is 22.5. The molecule has 0 radical (unpaired) electrons. The molecule has 0 amide bonds. The monoisotopic (exact) mass is 925 g/mol. The van der Waals surface area contributed by atoms with Crippen LogP contribution in [0.5, 0.6) is 0 Å². The average molecular weight is 926 g/mol. The zero-order valence-electron chi connectivity index (χ0n) is 39.0. The van der Waals surface area contributed by atoms with Gasteiger partial charge in [0, 0.05) is 65.8 Å². The van der Waals surface area contributed by atoms with Crippen LogP contribution < -0.4 is 9.80 Å². The molecule has 4 aromatic heterocycles. The molecule has 0 aliphatic heterocycles. The third kappa shape index (κ3) is 5.84. The van der Waals surface area contributed by atoms with E-state index in [1.165, 1.54) is 0 Å². The molecule has 0 saturated heterocycles. The predicted octanol–water partition coefficient (Wildman–Crippen LogP) is 19.0. The minimum Gasteiger partial charge on any atom is -0.454 e. The lowest BCUT2D eigenvalue weighted by atomic mass is 9.99. The number of furan rings is 4. The highest BCUT2D eigenvalue weighted by Gasteiger charge is 2.25. The zero-order chi connectivity index (χ0) is 47.8. The van der Waals surface area contributed by atoms with Gasteiger partial charge in [0.05, 0.1) is 23.0 Å². The van der Waals surface area contributed by atoms with Gasteiger partial charge in [-0.2, -0.15) is 5.26 Å². The lowest BCUT2D eigenvalue weighted by molar-refractivity contribution is 0.634. The van der Waals surface area contributed by atoms with Gasteiger partial charge in [-0.25, -0.2) is 0 Å². The van der Waals surface area contributed by atoms with Crippen molar-refractivity contribution in [3.8, 4) is 6.07 Å². The number of fused-ring (bicyclic) bond motifs is 15. The van der Waals surface area contributed by atoms with Crippen LogP contribution >= 0.6 is 0 Å². The van der Waals surface area contributed by atoms with Gasteiger partial charge in [0.2, 0.25) is 0 Å². The Labute approximate surface area is 411 Å². The minimum atomic E-state index is 0.531. The molecular weight excluding hydrogens is 887 g/mol. The van der Waals surface area contributed by atoms with Crippen LogP contribution in [0.25, 0.3) is 109 Å². The zero-order valence-corrected chi connectivity index (χ0v) is 39.0. The normalized spacial score (nSPS) is 12.0. The van der Waals surface area contributed by atoms with Crippen LogP contribution in [-0.4, -0.2) is 0 Å². The maximum absolute atomic E-state index is 10.8. The lowest BCUT2D eigenvalue weighted by Gasteiger charge is -2.27. The smallest absolute Gasteiger partial charge is 0.179 e. The van der Waals surface area contributed by atoms with Gasteiger partial charge in [-0.05, 0) is 138 Å². The van der Waals surface area contributed by atoms with Gasteiger partial charge in [-0.15, -0.1) is 0 Å². The number of nitrogens with zero attached hydrogens (tertiary/aromatic N) is 3. The highest BCUT2D eigenvalue weighted by molar-refractivity contribution is 6.23. The number of benzene rings is 11. The fourth-order valence-electron chi connectivity index (χ4n) is 11.3. The van der Waals surface area contributed by atoms with Gasteiger partial charge in [-0.1, -0.05) is 109 Å². The maximum Gasteiger partial charge on any atom is 0.179 e. The number of anilines is 6. The van der Waals surface area contributed by atoms with E-state index in [9.17, 15) is 5.26 Å². The predicted molar refractivity (Wildman–Crippen MR) is 294 cm³/mol. The number of para-hydroxylation sites is 6. The summed E-state index contributed by atoms with van der Waals surface area (Å²) in [6.45, 7) is 4.28. The van der Waals surface area contributed by atoms with Crippen LogP contribution in [0.2, 0.25) is 0 Å². The fourth-order valence-corrected chi connectivity index (χ4v) is 11.3. The number of nitriles is 1. The van der Waals surface area contributed by atoms with Crippen LogP contribution in [0.4, 0.5) is 34.1 Å². The van der Waals surface area contributed by atoms with Gasteiger partial charge in [-0.3, -0.25) is 0 Å². The standard InChI is InChI=1S/C65H39N3O4/c1-37-13-3-7-19-53(37)67(55-21-11-17-48-46-15-5-9-23-57(46)69-62(48)55)44-27-25-39-31-50-51-33-43(36-66)61-52-32-40-26-28-45(30-42(40)35-60(52)72-65(61)64(51)71-59(50)34-41(39)29-44)68(54-20-8-4-14-38(54)2)56-22-12-18-49-47-16-6-10-24-58(47)70-63(49)56/h3-35H,1-2H3. The van der Waals surface area contributed by atoms with Crippen molar-refractivity contribution in [1.82, 2.24) is 0 Å². The van der Waals surface area contributed by atoms with E-state index >= 15 is 0 Å². The summed E-state index contributed by atoms with van der Waals surface area (Å²) in [6.07, 6.45) is 0. The largest absolute Gasteiger partial charge is 0.454 e. The van der Waals surface area contributed by atoms with Crippen molar-refractivity contribution in [2.75, 3.05) is 9.80 Å². The van der Waals surface area contributed by atoms with E-state index in [1.807, 2.05) is 36.4 Å². The molecule has 338 valence electrons. The average Bonchev–Trinajstić information content (AvgIpc) is 4.19. The molecule has 11 aromatic carbocycles. The van der Waals surface area contributed by atoms with Crippen molar-refractivity contribution in [3.05, 3.63) is 217 Å². The van der Waals surface area contributed by atoms with Crippen LogP contribution in [0, 0.1) is 25.2 Å². The van der Waals surface area contributed by atoms with Crippen LogP contribution in [0.1, 0.15) is 16.7 Å². The lowest BCUT2D eigenvalue weighted by Crippen LogP contribution is -2.11. The number of hydrogen-bond donors (Lipinski definition) is 0. The number of rotatable bonds is 6. The SMILES string of the molecule is Cc1ccccc1N(c1ccc2cc3c(cc2c1)oc1c3cc(C#N)c2c3cc4ccc(N(c5ccccc5C)c5cccc6c5oc5ccccc56)cc4cc3oc12)c1cccc2c1oc1ccccc12. The second-order valence-electron chi connectivity index (χ2n) is 18.8. The quantitative estimate of drug-likeness (QED) is 0.164. The summed E-state index contributed by atoms with van der Waals surface area (Å²) in [4.78, 5) is 4.57. The summed E-state index contributed by atoms with van der Waals surface area (Å²) in [5.41, 5.74) is 14.6. The van der Waals surface area contributed by atoms with Crippen molar-refractivity contribution >= 4 is 143 Å². The van der Waals surface area contributed by atoms with Crippen molar-refractivity contribution in [3.63, 3.8) is 0 Å². The Morgan fingerprint density at radius 3 is 1.35 bits per heavy atom. The molecule has 0 N–H and O–H groups in total. The van der Waals surface area contributed by atoms with E-state index in [0.717, 1.165) is 132 Å². The van der Waals surface area contributed by atoms with E-state index in [0.29, 0.717) is 27.9 Å². The summed E-state index contributed by atoms with van der Waals surface area (Å²) < 4.78 is 26.9. The molecule has 4 heterocycles. The number of aryl methyl sites for hydroxylation is 2. The first-order valence-corrected chi connectivity index (χ1v) is 24.1. The molecule has 0 aliphatic carbocycles. The van der Waals surface area contributed by atoms with Gasteiger partial charge in [0.15, 0.2) is 22.3 Å². The molecular formula is C65H39N3O4. The molecule has 0 spiro atoms. The third-order valence-corrected chi connectivity index (χ3v) is 14.7. The first-order chi connectivity index (χ1) is 35.5. The van der Waals surface area contributed by atoms with E-state index < -0.39 is 0 Å². The third-order valence-electron chi connectivity index (χ3n) is 14.7. The summed E-state index contributed by atoms with van der Waals surface area (Å²) in [5.74, 6) is 0. The second-order valence-corrected chi connectivity index (χ2v) is 18.8. The topological polar surface area (TPSA) is 82.8 Å². The molecule has 7 nitrogen and oxygen atoms in total. The number of hydrogen-bond acceptors (Lipinski definition) is 7. The Balaban J connectivity index is 0.884. The fraction of sp³-hybridized carbons (Fsp3) is 0.0308. The van der Waals surface area contributed by atoms with E-state index in [4.69, 9.17) is 17.7 Å². The van der Waals surface area contributed by atoms with E-state index in [-0.39, 0.29) is 0 Å². The minimum absolute atomic E-state index is 0.531. The van der Waals surface area contributed by atoms with Crippen LogP contribution in [-0.2, 0) is 0 Å². The molecule has 0 unspecified atom stereocenters. The first kappa shape index (κ1) is 40.1. The van der Waals surface area contributed by atoms with Crippen LogP contribution in [0.3, 0.4) is 0 Å².